The van der Waals surface area contributed by atoms with Crippen LogP contribution < -0.4 is 15.9 Å². The summed E-state index contributed by atoms with van der Waals surface area (Å²) in [6, 6.07) is 3.94. The lowest BCUT2D eigenvalue weighted by molar-refractivity contribution is -0.116. The number of anilines is 2. The maximum Gasteiger partial charge on any atom is 0.328 e. The van der Waals surface area contributed by atoms with Gasteiger partial charge in [0.2, 0.25) is 5.91 Å². The summed E-state index contributed by atoms with van der Waals surface area (Å²) >= 11 is 3.48. The topological polar surface area (TPSA) is 62.5 Å². The van der Waals surface area contributed by atoms with Gasteiger partial charge in [-0.2, -0.15) is 0 Å². The van der Waals surface area contributed by atoms with Crippen LogP contribution in [0.3, 0.4) is 0 Å². The van der Waals surface area contributed by atoms with Crippen molar-refractivity contribution in [3.8, 4) is 0 Å². The van der Waals surface area contributed by atoms with E-state index in [0.29, 0.717) is 0 Å². The van der Waals surface area contributed by atoms with Crippen LogP contribution in [-0.2, 0) is 18.9 Å². The second kappa shape index (κ2) is 7.67. The summed E-state index contributed by atoms with van der Waals surface area (Å²) in [6.07, 6.45) is 0. The monoisotopic (exact) mass is 437 g/mol. The van der Waals surface area contributed by atoms with E-state index in [1.807, 2.05) is 26.0 Å². The number of likely N-dealkylation sites (N-methyl/N-ethyl adjacent to an activating group) is 1. The number of piperazine rings is 1. The molecule has 148 valence electrons. The molecule has 8 heteroatoms. The zero-order chi connectivity index (χ0) is 19.9. The van der Waals surface area contributed by atoms with Gasteiger partial charge in [-0.15, -0.1) is 0 Å². The number of hydrogen-bond acceptors (Lipinski definition) is 4. The highest BCUT2D eigenvalue weighted by atomic mass is 79.9. The molecule has 1 aliphatic rings. The summed E-state index contributed by atoms with van der Waals surface area (Å²) in [5.74, 6) is 0.113. The van der Waals surface area contributed by atoms with E-state index in [1.54, 1.807) is 23.2 Å². The lowest BCUT2D eigenvalue weighted by atomic mass is 10.1. The minimum Gasteiger partial charge on any atom is -0.367 e. The molecule has 0 bridgehead atoms. The number of benzene rings is 1. The molecule has 1 aromatic heterocycles. The summed E-state index contributed by atoms with van der Waals surface area (Å²) in [5, 5.41) is 3.08. The molecule has 0 spiro atoms. The van der Waals surface area contributed by atoms with E-state index >= 15 is 0 Å². The number of amides is 1. The molecule has 7 nitrogen and oxygen atoms in total. The first-order valence-corrected chi connectivity index (χ1v) is 10.2. The van der Waals surface area contributed by atoms with E-state index in [4.69, 9.17) is 0 Å². The van der Waals surface area contributed by atoms with Gasteiger partial charge in [0.25, 0.3) is 0 Å². The summed E-state index contributed by atoms with van der Waals surface area (Å²) in [4.78, 5) is 29.3. The Hall–Kier alpha value is -1.80. The van der Waals surface area contributed by atoms with Crippen LogP contribution in [0, 0.1) is 5.92 Å². The SMILES string of the molecule is CC(C)[C@@H](Br)C(=O)Nc1cc2c(cc1N1CCN(C)CC1)n(C)c(=O)n2C. The first-order valence-electron chi connectivity index (χ1n) is 9.28. The molecular weight excluding hydrogens is 410 g/mol. The normalized spacial score (nSPS) is 16.9. The van der Waals surface area contributed by atoms with Crippen molar-refractivity contribution >= 4 is 44.2 Å². The lowest BCUT2D eigenvalue weighted by Crippen LogP contribution is -2.44. The fourth-order valence-corrected chi connectivity index (χ4v) is 3.56. The molecule has 1 aromatic carbocycles. The van der Waals surface area contributed by atoms with Crippen molar-refractivity contribution in [1.82, 2.24) is 14.0 Å². The van der Waals surface area contributed by atoms with Gasteiger partial charge in [0, 0.05) is 40.3 Å². The molecule has 0 unspecified atom stereocenters. The Morgan fingerprint density at radius 3 is 2.15 bits per heavy atom. The van der Waals surface area contributed by atoms with Gasteiger partial charge in [0.15, 0.2) is 0 Å². The average Bonchev–Trinajstić information content (AvgIpc) is 2.85. The van der Waals surface area contributed by atoms with Gasteiger partial charge in [-0.3, -0.25) is 13.9 Å². The zero-order valence-electron chi connectivity index (χ0n) is 16.6. The highest BCUT2D eigenvalue weighted by Crippen LogP contribution is 2.32. The molecule has 1 amide bonds. The van der Waals surface area contributed by atoms with Gasteiger partial charge in [0.05, 0.1) is 27.2 Å². The zero-order valence-corrected chi connectivity index (χ0v) is 18.2. The third-order valence-corrected chi connectivity index (χ3v) is 6.80. The quantitative estimate of drug-likeness (QED) is 0.742. The van der Waals surface area contributed by atoms with E-state index in [2.05, 4.69) is 38.1 Å². The first kappa shape index (κ1) is 19.9. The fourth-order valence-electron chi connectivity index (χ4n) is 3.45. The number of carbonyl (C=O) groups excluding carboxylic acids is 1. The second-order valence-corrected chi connectivity index (χ2v) is 8.67. The molecule has 27 heavy (non-hydrogen) atoms. The number of fused-ring (bicyclic) bond motifs is 1. The summed E-state index contributed by atoms with van der Waals surface area (Å²) in [6.45, 7) is 7.70. The van der Waals surface area contributed by atoms with Crippen LogP contribution >= 0.6 is 15.9 Å². The van der Waals surface area contributed by atoms with E-state index in [-0.39, 0.29) is 22.3 Å². The number of carbonyl (C=O) groups is 1. The molecule has 1 fully saturated rings. The maximum absolute atomic E-state index is 12.7. The largest absolute Gasteiger partial charge is 0.367 e. The number of hydrogen-bond donors (Lipinski definition) is 1. The van der Waals surface area contributed by atoms with Crippen LogP contribution in [-0.4, -0.2) is 58.0 Å². The minimum atomic E-state index is -0.270. The molecule has 1 saturated heterocycles. The van der Waals surface area contributed by atoms with E-state index in [9.17, 15) is 9.59 Å². The van der Waals surface area contributed by atoms with Crippen LogP contribution in [0.2, 0.25) is 0 Å². The van der Waals surface area contributed by atoms with Gasteiger partial charge < -0.3 is 15.1 Å². The smallest absolute Gasteiger partial charge is 0.328 e. The summed E-state index contributed by atoms with van der Waals surface area (Å²) < 4.78 is 3.27. The van der Waals surface area contributed by atoms with Crippen molar-refractivity contribution in [2.24, 2.45) is 20.0 Å². The van der Waals surface area contributed by atoms with Crippen LogP contribution in [0.4, 0.5) is 11.4 Å². The highest BCUT2D eigenvalue weighted by Gasteiger charge is 2.24. The first-order chi connectivity index (χ1) is 12.7. The van der Waals surface area contributed by atoms with Crippen molar-refractivity contribution in [1.29, 1.82) is 0 Å². The number of alkyl halides is 1. The Balaban J connectivity index is 2.08. The number of halogens is 1. The predicted molar refractivity (Wildman–Crippen MR) is 114 cm³/mol. The van der Waals surface area contributed by atoms with Crippen molar-refractivity contribution < 1.29 is 4.79 Å². The number of aromatic nitrogens is 2. The molecule has 0 saturated carbocycles. The summed E-state index contributed by atoms with van der Waals surface area (Å²) in [5.41, 5.74) is 3.33. The van der Waals surface area contributed by atoms with E-state index < -0.39 is 0 Å². The third kappa shape index (κ3) is 3.78. The van der Waals surface area contributed by atoms with Crippen LogP contribution in [0.25, 0.3) is 11.0 Å². The van der Waals surface area contributed by atoms with Crippen molar-refractivity contribution in [2.75, 3.05) is 43.4 Å². The molecule has 0 aliphatic carbocycles. The molecule has 1 atom stereocenters. The van der Waals surface area contributed by atoms with Gasteiger partial charge >= 0.3 is 5.69 Å². The fraction of sp³-hybridized carbons (Fsp3) is 0.579. The van der Waals surface area contributed by atoms with E-state index in [0.717, 1.165) is 48.6 Å². The maximum atomic E-state index is 12.7. The number of imidazole rings is 1. The minimum absolute atomic E-state index is 0.0688. The Morgan fingerprint density at radius 2 is 1.59 bits per heavy atom. The Kier molecular flexibility index (Phi) is 5.67. The van der Waals surface area contributed by atoms with Gasteiger partial charge in [-0.05, 0) is 25.1 Å². The predicted octanol–water partition coefficient (Wildman–Crippen LogP) is 1.99. The molecule has 3 rings (SSSR count). The summed E-state index contributed by atoms with van der Waals surface area (Å²) in [7, 11) is 5.65. The molecule has 1 aliphatic heterocycles. The van der Waals surface area contributed by atoms with Crippen molar-refractivity contribution in [2.45, 2.75) is 18.7 Å². The number of nitrogens with one attached hydrogen (secondary N) is 1. The molecule has 2 aromatic rings. The molecule has 2 heterocycles. The van der Waals surface area contributed by atoms with Crippen molar-refractivity contribution in [3.63, 3.8) is 0 Å². The molecular formula is C19H28BrN5O2. The highest BCUT2D eigenvalue weighted by molar-refractivity contribution is 9.10. The average molecular weight is 438 g/mol. The molecule has 0 radical (unpaired) electrons. The van der Waals surface area contributed by atoms with Gasteiger partial charge in [-0.1, -0.05) is 29.8 Å². The Bertz CT molecular complexity index is 909. The lowest BCUT2D eigenvalue weighted by Gasteiger charge is -2.35. The second-order valence-electron chi connectivity index (χ2n) is 7.68. The molecule has 1 N–H and O–H groups in total. The van der Waals surface area contributed by atoms with E-state index in [1.165, 1.54) is 0 Å². The number of nitrogens with zero attached hydrogens (tertiary/aromatic N) is 4. The van der Waals surface area contributed by atoms with Crippen LogP contribution in [0.5, 0.6) is 0 Å². The van der Waals surface area contributed by atoms with Crippen LogP contribution in [0.1, 0.15) is 13.8 Å². The Morgan fingerprint density at radius 1 is 1.04 bits per heavy atom. The van der Waals surface area contributed by atoms with Crippen LogP contribution in [0.15, 0.2) is 16.9 Å². The number of rotatable bonds is 4. The van der Waals surface area contributed by atoms with Gasteiger partial charge in [-0.25, -0.2) is 4.79 Å². The van der Waals surface area contributed by atoms with Gasteiger partial charge in [0.1, 0.15) is 0 Å². The van der Waals surface area contributed by atoms with Crippen molar-refractivity contribution in [3.05, 3.63) is 22.6 Å². The Labute approximate surface area is 168 Å². The standard InChI is InChI=1S/C19H28BrN5O2/c1-12(2)17(20)18(26)21-13-10-15-16(24(5)19(27)23(15)4)11-14(13)25-8-6-22(3)7-9-25/h10-12,17H,6-9H2,1-5H3,(H,21,26)/t17-/m1/s1. The third-order valence-electron chi connectivity index (χ3n) is 5.33. The number of aryl methyl sites for hydroxylation is 2.